The number of Topliss-reactive ketones (excluding diaryl/α,β-unsaturated/α-hetero) is 1. The smallest absolute Gasteiger partial charge is 0.162 e. The molecule has 0 unspecified atom stereocenters. The predicted octanol–water partition coefficient (Wildman–Crippen LogP) is 2.48. The molecule has 0 amide bonds. The fourth-order valence-corrected chi connectivity index (χ4v) is 2.40. The summed E-state index contributed by atoms with van der Waals surface area (Å²) in [5.74, 6) is 1.07. The lowest BCUT2D eigenvalue weighted by atomic mass is 10.1. The molecule has 19 heavy (non-hydrogen) atoms. The van der Waals surface area contributed by atoms with Crippen LogP contribution in [0.5, 0.6) is 5.75 Å². The van der Waals surface area contributed by atoms with Gasteiger partial charge in [-0.25, -0.2) is 8.42 Å². The van der Waals surface area contributed by atoms with E-state index in [0.29, 0.717) is 30.8 Å². The second kappa shape index (κ2) is 7.28. The first-order chi connectivity index (χ1) is 8.98. The van der Waals surface area contributed by atoms with Crippen molar-refractivity contribution in [2.75, 3.05) is 18.1 Å². The molecule has 0 fully saturated rings. The number of carbonyl (C=O) groups excluding carboxylic acids is 1. The van der Waals surface area contributed by atoms with E-state index in [1.807, 2.05) is 6.92 Å². The van der Waals surface area contributed by atoms with Gasteiger partial charge >= 0.3 is 0 Å². The maximum Gasteiger partial charge on any atom is 0.162 e. The second-order valence-electron chi connectivity index (χ2n) is 4.24. The van der Waals surface area contributed by atoms with E-state index in [4.69, 9.17) is 4.74 Å². The molecule has 0 spiro atoms. The quantitative estimate of drug-likeness (QED) is 0.543. The van der Waals surface area contributed by atoms with Gasteiger partial charge in [0.1, 0.15) is 15.6 Å². The van der Waals surface area contributed by atoms with Crippen LogP contribution in [0.1, 0.15) is 37.0 Å². The van der Waals surface area contributed by atoms with Gasteiger partial charge in [-0.1, -0.05) is 13.8 Å². The molecule has 4 nitrogen and oxygen atoms in total. The van der Waals surface area contributed by atoms with E-state index in [1.54, 1.807) is 31.2 Å². The lowest BCUT2D eigenvalue weighted by Crippen LogP contribution is -2.11. The number of benzene rings is 1. The fraction of sp³-hybridized carbons (Fsp3) is 0.500. The minimum Gasteiger partial charge on any atom is -0.494 e. The molecule has 5 heteroatoms. The summed E-state index contributed by atoms with van der Waals surface area (Å²) in [5.41, 5.74) is 0.670. The highest BCUT2D eigenvalue weighted by atomic mass is 32.2. The highest BCUT2D eigenvalue weighted by Gasteiger charge is 2.07. The molecule has 0 saturated heterocycles. The van der Waals surface area contributed by atoms with Gasteiger partial charge in [-0.2, -0.15) is 0 Å². The Bertz CT molecular complexity index is 503. The molecule has 1 rings (SSSR count). The normalized spacial score (nSPS) is 11.3. The first-order valence-corrected chi connectivity index (χ1v) is 8.27. The van der Waals surface area contributed by atoms with Crippen LogP contribution >= 0.6 is 0 Å². The van der Waals surface area contributed by atoms with Crippen LogP contribution < -0.4 is 4.74 Å². The van der Waals surface area contributed by atoms with E-state index in [2.05, 4.69) is 0 Å². The average molecular weight is 284 g/mol. The van der Waals surface area contributed by atoms with Gasteiger partial charge in [0.05, 0.1) is 12.4 Å². The van der Waals surface area contributed by atoms with Crippen LogP contribution in [-0.2, 0) is 9.84 Å². The number of ketones is 1. The third-order valence-electron chi connectivity index (χ3n) is 2.81. The van der Waals surface area contributed by atoms with Crippen LogP contribution in [0.15, 0.2) is 24.3 Å². The van der Waals surface area contributed by atoms with Crippen LogP contribution in [0.2, 0.25) is 0 Å². The zero-order valence-electron chi connectivity index (χ0n) is 11.4. The SMILES string of the molecule is CCC(=O)c1ccc(OCCCS(=O)(=O)CC)cc1. The number of rotatable bonds is 8. The van der Waals surface area contributed by atoms with Crippen molar-refractivity contribution < 1.29 is 17.9 Å². The van der Waals surface area contributed by atoms with E-state index >= 15 is 0 Å². The Morgan fingerprint density at radius 1 is 1.16 bits per heavy atom. The van der Waals surface area contributed by atoms with Crippen molar-refractivity contribution in [2.45, 2.75) is 26.7 Å². The van der Waals surface area contributed by atoms with E-state index in [0.717, 1.165) is 0 Å². The molecule has 106 valence electrons. The van der Waals surface area contributed by atoms with Crippen molar-refractivity contribution in [2.24, 2.45) is 0 Å². The van der Waals surface area contributed by atoms with Gasteiger partial charge in [0.15, 0.2) is 5.78 Å². The fourth-order valence-electron chi connectivity index (χ4n) is 1.55. The molecule has 0 N–H and O–H groups in total. The molecule has 0 aromatic heterocycles. The Balaban J connectivity index is 2.40. The summed E-state index contributed by atoms with van der Waals surface area (Å²) in [5, 5.41) is 0. The third-order valence-corrected chi connectivity index (χ3v) is 4.60. The van der Waals surface area contributed by atoms with E-state index in [-0.39, 0.29) is 17.3 Å². The minimum atomic E-state index is -2.92. The summed E-state index contributed by atoms with van der Waals surface area (Å²) < 4.78 is 28.0. The summed E-state index contributed by atoms with van der Waals surface area (Å²) in [4.78, 5) is 11.4. The Hall–Kier alpha value is -1.36. The highest BCUT2D eigenvalue weighted by molar-refractivity contribution is 7.91. The van der Waals surface area contributed by atoms with Gasteiger partial charge < -0.3 is 4.74 Å². The first kappa shape index (κ1) is 15.7. The van der Waals surface area contributed by atoms with Crippen LogP contribution in [0, 0.1) is 0 Å². The van der Waals surface area contributed by atoms with Crippen molar-refractivity contribution >= 4 is 15.6 Å². The molecule has 0 heterocycles. The van der Waals surface area contributed by atoms with E-state index in [1.165, 1.54) is 0 Å². The van der Waals surface area contributed by atoms with Gasteiger partial charge in [0, 0.05) is 17.7 Å². The summed E-state index contributed by atoms with van der Waals surface area (Å²) in [6.45, 7) is 3.82. The van der Waals surface area contributed by atoms with Gasteiger partial charge in [-0.15, -0.1) is 0 Å². The van der Waals surface area contributed by atoms with Crippen molar-refractivity contribution in [3.63, 3.8) is 0 Å². The lowest BCUT2D eigenvalue weighted by molar-refractivity contribution is 0.0988. The molecule has 0 aliphatic heterocycles. The van der Waals surface area contributed by atoms with E-state index < -0.39 is 9.84 Å². The molecule has 0 aliphatic carbocycles. The largest absolute Gasteiger partial charge is 0.494 e. The zero-order valence-corrected chi connectivity index (χ0v) is 12.2. The third kappa shape index (κ3) is 5.42. The number of hydrogen-bond donors (Lipinski definition) is 0. The summed E-state index contributed by atoms with van der Waals surface area (Å²) >= 11 is 0. The Kier molecular flexibility index (Phi) is 6.02. The molecular formula is C14H20O4S. The van der Waals surface area contributed by atoms with Gasteiger partial charge in [0.2, 0.25) is 0 Å². The van der Waals surface area contributed by atoms with Crippen molar-refractivity contribution in [1.82, 2.24) is 0 Å². The number of sulfone groups is 1. The number of ether oxygens (including phenoxy) is 1. The maximum atomic E-state index is 11.4. The van der Waals surface area contributed by atoms with Gasteiger partial charge in [-0.05, 0) is 30.7 Å². The Morgan fingerprint density at radius 3 is 2.32 bits per heavy atom. The van der Waals surface area contributed by atoms with Crippen LogP contribution in [-0.4, -0.2) is 32.3 Å². The standard InChI is InChI=1S/C14H20O4S/c1-3-14(15)12-6-8-13(9-7-12)18-10-5-11-19(16,17)4-2/h6-9H,3-5,10-11H2,1-2H3. The molecule has 0 aliphatic rings. The number of hydrogen-bond acceptors (Lipinski definition) is 4. The molecule has 0 atom stereocenters. The molecule has 1 aromatic rings. The zero-order chi connectivity index (χ0) is 14.3. The summed E-state index contributed by atoms with van der Waals surface area (Å²) in [6, 6.07) is 6.92. The molecule has 0 saturated carbocycles. The van der Waals surface area contributed by atoms with Crippen molar-refractivity contribution in [3.8, 4) is 5.75 Å². The van der Waals surface area contributed by atoms with Crippen molar-refractivity contribution in [3.05, 3.63) is 29.8 Å². The maximum absolute atomic E-state index is 11.4. The monoisotopic (exact) mass is 284 g/mol. The Morgan fingerprint density at radius 2 is 1.79 bits per heavy atom. The molecule has 0 radical (unpaired) electrons. The van der Waals surface area contributed by atoms with Gasteiger partial charge in [0.25, 0.3) is 0 Å². The predicted molar refractivity (Wildman–Crippen MR) is 75.5 cm³/mol. The van der Waals surface area contributed by atoms with Crippen LogP contribution in [0.25, 0.3) is 0 Å². The topological polar surface area (TPSA) is 60.4 Å². The molecular weight excluding hydrogens is 264 g/mol. The van der Waals surface area contributed by atoms with E-state index in [9.17, 15) is 13.2 Å². The molecule has 1 aromatic carbocycles. The number of carbonyl (C=O) groups is 1. The minimum absolute atomic E-state index is 0.0978. The average Bonchev–Trinajstić information content (AvgIpc) is 2.43. The highest BCUT2D eigenvalue weighted by Crippen LogP contribution is 2.13. The summed E-state index contributed by atoms with van der Waals surface area (Å²) in [7, 11) is -2.92. The van der Waals surface area contributed by atoms with Gasteiger partial charge in [-0.3, -0.25) is 4.79 Å². The molecule has 0 bridgehead atoms. The van der Waals surface area contributed by atoms with Crippen molar-refractivity contribution in [1.29, 1.82) is 0 Å². The second-order valence-corrected chi connectivity index (χ2v) is 6.71. The summed E-state index contributed by atoms with van der Waals surface area (Å²) in [6.07, 6.45) is 0.959. The first-order valence-electron chi connectivity index (χ1n) is 6.45. The lowest BCUT2D eigenvalue weighted by Gasteiger charge is -2.06. The Labute approximate surface area is 114 Å². The van der Waals surface area contributed by atoms with Crippen LogP contribution in [0.3, 0.4) is 0 Å². The van der Waals surface area contributed by atoms with Crippen LogP contribution in [0.4, 0.5) is 0 Å².